The Balaban J connectivity index is 2.62. The fraction of sp³-hybridized carbons (Fsp3) is 0.500. The van der Waals surface area contributed by atoms with Crippen LogP contribution in [-0.2, 0) is 21.8 Å². The molecule has 1 heterocycles. The zero-order valence-electron chi connectivity index (χ0n) is 7.55. The molecule has 6 heteroatoms. The van der Waals surface area contributed by atoms with Crippen LogP contribution in [0, 0.1) is 0 Å². The number of alkyl halides is 1. The number of rotatable bonds is 4. The van der Waals surface area contributed by atoms with Crippen LogP contribution in [0.25, 0.3) is 0 Å². The van der Waals surface area contributed by atoms with Gasteiger partial charge in [-0.25, -0.2) is 0 Å². The highest BCUT2D eigenvalue weighted by Crippen LogP contribution is 2.22. The third kappa shape index (κ3) is 2.72. The second-order valence-electron chi connectivity index (χ2n) is 2.58. The monoisotopic (exact) mass is 281 g/mol. The number of aryl methyl sites for hydroxylation is 1. The number of esters is 1. The average molecular weight is 283 g/mol. The van der Waals surface area contributed by atoms with Gasteiger partial charge < -0.3 is 9.26 Å². The van der Waals surface area contributed by atoms with Crippen molar-refractivity contribution in [2.45, 2.75) is 18.7 Å². The first-order valence-electron chi connectivity index (χ1n) is 3.94. The molecule has 0 aliphatic rings. The van der Waals surface area contributed by atoms with E-state index in [1.165, 1.54) is 7.11 Å². The molecule has 14 heavy (non-hydrogen) atoms. The number of hydrogen-bond donors (Lipinski definition) is 0. The minimum atomic E-state index is -0.280. The van der Waals surface area contributed by atoms with Crippen LogP contribution in [-0.4, -0.2) is 18.2 Å². The van der Waals surface area contributed by atoms with Crippen LogP contribution >= 0.6 is 27.5 Å². The fourth-order valence-electron chi connectivity index (χ4n) is 0.964. The van der Waals surface area contributed by atoms with Crippen molar-refractivity contribution in [2.75, 3.05) is 7.11 Å². The summed E-state index contributed by atoms with van der Waals surface area (Å²) in [6.45, 7) is 0. The number of nitrogens with zero attached hydrogens (tertiary/aromatic N) is 1. The van der Waals surface area contributed by atoms with E-state index in [0.717, 1.165) is 5.56 Å². The molecule has 1 aromatic heterocycles. The van der Waals surface area contributed by atoms with E-state index >= 15 is 0 Å². The average Bonchev–Trinajstić information content (AvgIpc) is 2.55. The highest BCUT2D eigenvalue weighted by Gasteiger charge is 2.14. The van der Waals surface area contributed by atoms with Crippen molar-refractivity contribution >= 4 is 33.5 Å². The molecule has 0 fully saturated rings. The molecule has 4 nitrogen and oxygen atoms in total. The van der Waals surface area contributed by atoms with E-state index < -0.39 is 0 Å². The third-order valence-electron chi connectivity index (χ3n) is 1.74. The van der Waals surface area contributed by atoms with Gasteiger partial charge in [0.15, 0.2) is 4.60 Å². The van der Waals surface area contributed by atoms with Crippen LogP contribution in [0.1, 0.15) is 17.7 Å². The van der Waals surface area contributed by atoms with Gasteiger partial charge in [-0.05, 0) is 15.9 Å². The molecule has 0 aliphatic carbocycles. The van der Waals surface area contributed by atoms with Crippen molar-refractivity contribution in [3.05, 3.63) is 15.9 Å². The quantitative estimate of drug-likeness (QED) is 0.628. The van der Waals surface area contributed by atoms with Crippen LogP contribution in [0.5, 0.6) is 0 Å². The Kier molecular flexibility index (Phi) is 4.41. The van der Waals surface area contributed by atoms with Crippen molar-refractivity contribution in [3.8, 4) is 0 Å². The maximum absolute atomic E-state index is 10.9. The summed E-state index contributed by atoms with van der Waals surface area (Å²) in [5.74, 6) is 0.649. The molecule has 0 unspecified atom stereocenters. The van der Waals surface area contributed by atoms with Crippen molar-refractivity contribution in [2.24, 2.45) is 0 Å². The molecule has 78 valence electrons. The SMILES string of the molecule is COC(=O)CCc1onc(Br)c1CCl. The lowest BCUT2D eigenvalue weighted by Gasteiger charge is -1.97. The number of aromatic nitrogens is 1. The molecule has 1 rings (SSSR count). The first kappa shape index (κ1) is 11.5. The molecule has 1 aromatic rings. The van der Waals surface area contributed by atoms with Crippen LogP contribution in [0.4, 0.5) is 0 Å². The zero-order valence-corrected chi connectivity index (χ0v) is 9.89. The predicted molar refractivity (Wildman–Crippen MR) is 54.1 cm³/mol. The number of carbonyl (C=O) groups is 1. The summed E-state index contributed by atoms with van der Waals surface area (Å²) < 4.78 is 10.1. The second kappa shape index (κ2) is 5.36. The Labute approximate surface area is 94.7 Å². The highest BCUT2D eigenvalue weighted by atomic mass is 79.9. The summed E-state index contributed by atoms with van der Waals surface area (Å²) in [4.78, 5) is 10.9. The number of ether oxygens (including phenoxy) is 1. The van der Waals surface area contributed by atoms with Gasteiger partial charge in [0.05, 0.1) is 19.4 Å². The highest BCUT2D eigenvalue weighted by molar-refractivity contribution is 9.10. The molecule has 0 spiro atoms. The van der Waals surface area contributed by atoms with E-state index in [9.17, 15) is 4.79 Å². The van der Waals surface area contributed by atoms with Crippen LogP contribution in [0.2, 0.25) is 0 Å². The Morgan fingerprint density at radius 3 is 3.00 bits per heavy atom. The smallest absolute Gasteiger partial charge is 0.305 e. The summed E-state index contributed by atoms with van der Waals surface area (Å²) >= 11 is 8.88. The molecule has 0 aliphatic heterocycles. The number of hydrogen-bond acceptors (Lipinski definition) is 4. The summed E-state index contributed by atoms with van der Waals surface area (Å²) in [5, 5.41) is 3.70. The van der Waals surface area contributed by atoms with E-state index in [-0.39, 0.29) is 12.4 Å². The third-order valence-corrected chi connectivity index (χ3v) is 2.63. The van der Waals surface area contributed by atoms with Crippen LogP contribution < -0.4 is 0 Å². The summed E-state index contributed by atoms with van der Waals surface area (Å²) in [5.41, 5.74) is 0.788. The van der Waals surface area contributed by atoms with Gasteiger partial charge in [-0.3, -0.25) is 4.79 Å². The van der Waals surface area contributed by atoms with E-state index in [0.29, 0.717) is 22.7 Å². The maximum Gasteiger partial charge on any atom is 0.305 e. The normalized spacial score (nSPS) is 10.2. The molecular weight excluding hydrogens is 273 g/mol. The Bertz CT molecular complexity index is 326. The Morgan fingerprint density at radius 2 is 2.43 bits per heavy atom. The van der Waals surface area contributed by atoms with Gasteiger partial charge in [-0.1, -0.05) is 5.16 Å². The summed E-state index contributed by atoms with van der Waals surface area (Å²) in [6.07, 6.45) is 0.718. The minimum Gasteiger partial charge on any atom is -0.469 e. The van der Waals surface area contributed by atoms with Gasteiger partial charge >= 0.3 is 5.97 Å². The molecule has 0 aromatic carbocycles. The molecule has 0 N–H and O–H groups in total. The zero-order chi connectivity index (χ0) is 10.6. The topological polar surface area (TPSA) is 52.3 Å². The van der Waals surface area contributed by atoms with Crippen molar-refractivity contribution in [1.29, 1.82) is 0 Å². The van der Waals surface area contributed by atoms with E-state index in [1.54, 1.807) is 0 Å². The molecule has 0 saturated heterocycles. The van der Waals surface area contributed by atoms with E-state index in [1.807, 2.05) is 0 Å². The fourth-order valence-corrected chi connectivity index (χ4v) is 1.83. The lowest BCUT2D eigenvalue weighted by atomic mass is 10.2. The van der Waals surface area contributed by atoms with E-state index in [2.05, 4.69) is 25.8 Å². The number of methoxy groups -OCH3 is 1. The van der Waals surface area contributed by atoms with Crippen LogP contribution in [0.15, 0.2) is 9.13 Å². The molecular formula is C8H9BrClNO3. The summed E-state index contributed by atoms with van der Waals surface area (Å²) in [7, 11) is 1.35. The molecule has 0 saturated carbocycles. The lowest BCUT2D eigenvalue weighted by molar-refractivity contribution is -0.140. The van der Waals surface area contributed by atoms with Gasteiger partial charge in [-0.2, -0.15) is 0 Å². The van der Waals surface area contributed by atoms with Gasteiger partial charge in [0.1, 0.15) is 5.76 Å². The maximum atomic E-state index is 10.9. The van der Waals surface area contributed by atoms with Gasteiger partial charge in [0.2, 0.25) is 0 Å². The van der Waals surface area contributed by atoms with Gasteiger partial charge in [0, 0.05) is 12.0 Å². The van der Waals surface area contributed by atoms with Gasteiger partial charge in [0.25, 0.3) is 0 Å². The molecule has 0 bridgehead atoms. The van der Waals surface area contributed by atoms with E-state index in [4.69, 9.17) is 16.1 Å². The molecule has 0 radical (unpaired) electrons. The second-order valence-corrected chi connectivity index (χ2v) is 3.60. The van der Waals surface area contributed by atoms with Crippen molar-refractivity contribution in [1.82, 2.24) is 5.16 Å². The summed E-state index contributed by atoms with van der Waals surface area (Å²) in [6, 6.07) is 0. The Morgan fingerprint density at radius 1 is 1.71 bits per heavy atom. The van der Waals surface area contributed by atoms with Crippen LogP contribution in [0.3, 0.4) is 0 Å². The van der Waals surface area contributed by atoms with Crippen molar-refractivity contribution < 1.29 is 14.1 Å². The Hall–Kier alpha value is -0.550. The number of halogens is 2. The first-order valence-corrected chi connectivity index (χ1v) is 5.27. The standard InChI is InChI=1S/C8H9BrClNO3/c1-13-7(12)3-2-6-5(4-10)8(9)11-14-6/h2-4H2,1H3. The largest absolute Gasteiger partial charge is 0.469 e. The van der Waals surface area contributed by atoms with Crippen molar-refractivity contribution in [3.63, 3.8) is 0 Å². The van der Waals surface area contributed by atoms with Gasteiger partial charge in [-0.15, -0.1) is 11.6 Å². The predicted octanol–water partition coefficient (Wildman–Crippen LogP) is 2.28. The molecule has 0 amide bonds. The lowest BCUT2D eigenvalue weighted by Crippen LogP contribution is -2.02. The first-order chi connectivity index (χ1) is 6.69. The molecule has 0 atom stereocenters. The number of carbonyl (C=O) groups excluding carboxylic acids is 1. The minimum absolute atomic E-state index is 0.266.